The fraction of sp³-hybridized carbons (Fsp3) is 0.636. The van der Waals surface area contributed by atoms with Gasteiger partial charge in [-0.1, -0.05) is 0 Å². The number of hydrogen-bond acceptors (Lipinski definition) is 4. The highest BCUT2D eigenvalue weighted by molar-refractivity contribution is 5.68. The molecule has 0 bridgehead atoms. The summed E-state index contributed by atoms with van der Waals surface area (Å²) in [5, 5.41) is 13.2. The van der Waals surface area contributed by atoms with Crippen molar-refractivity contribution in [1.29, 1.82) is 0 Å². The Balaban J connectivity index is 3.22. The lowest BCUT2D eigenvalue weighted by Crippen LogP contribution is -2.23. The molecule has 1 atom stereocenters. The third-order valence-electron chi connectivity index (χ3n) is 2.73. The average Bonchev–Trinajstić information content (AvgIpc) is 2.48. The number of ether oxygens (including phenoxy) is 1. The van der Waals surface area contributed by atoms with Gasteiger partial charge >= 0.3 is 5.97 Å². The molecule has 1 N–H and O–H groups in total. The summed E-state index contributed by atoms with van der Waals surface area (Å²) in [6.07, 6.45) is 0.0237. The summed E-state index contributed by atoms with van der Waals surface area (Å²) in [4.78, 5) is 12.8. The molecule has 1 rings (SSSR count). The van der Waals surface area contributed by atoms with Gasteiger partial charge in [0.15, 0.2) is 0 Å². The summed E-state index contributed by atoms with van der Waals surface area (Å²) in [5.41, 5.74) is 1.63. The van der Waals surface area contributed by atoms with E-state index in [0.717, 1.165) is 11.3 Å². The van der Waals surface area contributed by atoms with E-state index in [0.29, 0.717) is 5.88 Å². The van der Waals surface area contributed by atoms with Crippen LogP contribution in [0.4, 0.5) is 0 Å². The third kappa shape index (κ3) is 2.76. The number of aliphatic carboxylic acids is 1. The highest BCUT2D eigenvalue weighted by atomic mass is 16.5. The topological polar surface area (TPSA) is 67.6 Å². The van der Waals surface area contributed by atoms with Gasteiger partial charge < -0.3 is 14.7 Å². The first kappa shape index (κ1) is 13.5. The number of carbonyl (C=O) groups is 1. The Morgan fingerprint density at radius 2 is 2.18 bits per heavy atom. The SMILES string of the molecule is COc1c(C(CC(=O)O)N(C)C)c(C)nn1C. The molecule has 0 aromatic carbocycles. The van der Waals surface area contributed by atoms with Crippen LogP contribution in [0.15, 0.2) is 0 Å². The molecule has 0 amide bonds. The Morgan fingerprint density at radius 1 is 1.59 bits per heavy atom. The highest BCUT2D eigenvalue weighted by Gasteiger charge is 2.26. The van der Waals surface area contributed by atoms with Crippen LogP contribution < -0.4 is 4.74 Å². The van der Waals surface area contributed by atoms with E-state index in [2.05, 4.69) is 5.10 Å². The molecule has 1 aromatic rings. The molecule has 6 nitrogen and oxygen atoms in total. The van der Waals surface area contributed by atoms with Crippen LogP contribution >= 0.6 is 0 Å². The van der Waals surface area contributed by atoms with E-state index in [4.69, 9.17) is 9.84 Å². The number of carboxylic acids is 1. The Hall–Kier alpha value is -1.56. The molecule has 0 saturated heterocycles. The highest BCUT2D eigenvalue weighted by Crippen LogP contribution is 2.32. The number of nitrogens with zero attached hydrogens (tertiary/aromatic N) is 3. The molecule has 0 aliphatic heterocycles. The van der Waals surface area contributed by atoms with Gasteiger partial charge in [0.1, 0.15) is 0 Å². The minimum atomic E-state index is -0.839. The van der Waals surface area contributed by atoms with Gasteiger partial charge in [0.25, 0.3) is 0 Å². The molecule has 0 saturated carbocycles. The van der Waals surface area contributed by atoms with E-state index in [1.807, 2.05) is 25.9 Å². The summed E-state index contributed by atoms with van der Waals surface area (Å²) in [5.74, 6) is -0.226. The van der Waals surface area contributed by atoms with Gasteiger partial charge in [0.05, 0.1) is 30.8 Å². The molecule has 6 heteroatoms. The van der Waals surface area contributed by atoms with Crippen molar-refractivity contribution in [2.75, 3.05) is 21.2 Å². The molecular weight excluding hydrogens is 222 g/mol. The molecule has 0 spiro atoms. The lowest BCUT2D eigenvalue weighted by atomic mass is 10.0. The monoisotopic (exact) mass is 241 g/mol. The standard InChI is InChI=1S/C11H19N3O3/c1-7-10(11(17-5)14(4)12-7)8(13(2)3)6-9(15)16/h8H,6H2,1-5H3,(H,15,16). The second kappa shape index (κ2) is 5.18. The minimum Gasteiger partial charge on any atom is -0.481 e. The molecule has 0 aliphatic carbocycles. The van der Waals surface area contributed by atoms with Crippen LogP contribution in [0.3, 0.4) is 0 Å². The van der Waals surface area contributed by atoms with Gasteiger partial charge in [-0.3, -0.25) is 4.79 Å². The lowest BCUT2D eigenvalue weighted by Gasteiger charge is -2.23. The fourth-order valence-corrected chi connectivity index (χ4v) is 1.99. The fourth-order valence-electron chi connectivity index (χ4n) is 1.99. The molecular formula is C11H19N3O3. The predicted molar refractivity (Wildman–Crippen MR) is 63.2 cm³/mol. The number of hydrogen-bond donors (Lipinski definition) is 1. The molecule has 1 aromatic heterocycles. The van der Waals surface area contributed by atoms with Crippen LogP contribution in [-0.2, 0) is 11.8 Å². The van der Waals surface area contributed by atoms with Crippen molar-refractivity contribution < 1.29 is 14.6 Å². The average molecular weight is 241 g/mol. The second-order valence-electron chi connectivity index (χ2n) is 4.21. The van der Waals surface area contributed by atoms with Gasteiger partial charge in [0, 0.05) is 7.05 Å². The van der Waals surface area contributed by atoms with E-state index in [-0.39, 0.29) is 12.5 Å². The third-order valence-corrected chi connectivity index (χ3v) is 2.73. The summed E-state index contributed by atoms with van der Waals surface area (Å²) in [6.45, 7) is 1.86. The van der Waals surface area contributed by atoms with Crippen LogP contribution in [0.1, 0.15) is 23.7 Å². The number of carboxylic acid groups (broad SMARTS) is 1. The maximum Gasteiger partial charge on any atom is 0.305 e. The smallest absolute Gasteiger partial charge is 0.305 e. The van der Waals surface area contributed by atoms with E-state index in [1.165, 1.54) is 0 Å². The van der Waals surface area contributed by atoms with E-state index in [9.17, 15) is 4.79 Å². The Kier molecular flexibility index (Phi) is 4.11. The molecule has 0 radical (unpaired) electrons. The zero-order valence-corrected chi connectivity index (χ0v) is 10.9. The lowest BCUT2D eigenvalue weighted by molar-refractivity contribution is -0.138. The molecule has 0 aliphatic rings. The van der Waals surface area contributed by atoms with Crippen molar-refractivity contribution in [1.82, 2.24) is 14.7 Å². The normalized spacial score (nSPS) is 12.8. The van der Waals surface area contributed by atoms with E-state index < -0.39 is 5.97 Å². The molecule has 0 fully saturated rings. The van der Waals surface area contributed by atoms with Crippen molar-refractivity contribution in [3.8, 4) is 5.88 Å². The predicted octanol–water partition coefficient (Wildman–Crippen LogP) is 0.815. The zero-order valence-electron chi connectivity index (χ0n) is 10.9. The van der Waals surface area contributed by atoms with Gasteiger partial charge in [-0.2, -0.15) is 5.10 Å². The minimum absolute atomic E-state index is 0.0237. The number of rotatable bonds is 5. The molecule has 1 unspecified atom stereocenters. The zero-order chi connectivity index (χ0) is 13.2. The van der Waals surface area contributed by atoms with Crippen molar-refractivity contribution in [2.45, 2.75) is 19.4 Å². The van der Waals surface area contributed by atoms with E-state index >= 15 is 0 Å². The van der Waals surface area contributed by atoms with Gasteiger partial charge in [-0.05, 0) is 21.0 Å². The quantitative estimate of drug-likeness (QED) is 0.826. The summed E-state index contributed by atoms with van der Waals surface area (Å²) >= 11 is 0. The Bertz CT molecular complexity index is 412. The Labute approximate surface area is 101 Å². The molecule has 96 valence electrons. The summed E-state index contributed by atoms with van der Waals surface area (Å²) < 4.78 is 6.92. The van der Waals surface area contributed by atoms with Crippen molar-refractivity contribution >= 4 is 5.97 Å². The van der Waals surface area contributed by atoms with Crippen LogP contribution in [0, 0.1) is 6.92 Å². The molecule has 1 heterocycles. The summed E-state index contributed by atoms with van der Waals surface area (Å²) in [6, 6.07) is -0.240. The van der Waals surface area contributed by atoms with Gasteiger partial charge in [0.2, 0.25) is 5.88 Å². The van der Waals surface area contributed by atoms with Crippen molar-refractivity contribution in [3.05, 3.63) is 11.3 Å². The number of methoxy groups -OCH3 is 1. The molecule has 17 heavy (non-hydrogen) atoms. The van der Waals surface area contributed by atoms with E-state index in [1.54, 1.807) is 18.8 Å². The number of aromatic nitrogens is 2. The maximum absolute atomic E-state index is 10.9. The second-order valence-corrected chi connectivity index (χ2v) is 4.21. The van der Waals surface area contributed by atoms with Crippen LogP contribution in [0.25, 0.3) is 0 Å². The van der Waals surface area contributed by atoms with Crippen LogP contribution in [-0.4, -0.2) is 47.0 Å². The van der Waals surface area contributed by atoms with Gasteiger partial charge in [-0.25, -0.2) is 4.68 Å². The largest absolute Gasteiger partial charge is 0.481 e. The van der Waals surface area contributed by atoms with Crippen LogP contribution in [0.2, 0.25) is 0 Å². The summed E-state index contributed by atoms with van der Waals surface area (Å²) in [7, 11) is 7.04. The first-order valence-corrected chi connectivity index (χ1v) is 5.34. The first-order valence-electron chi connectivity index (χ1n) is 5.34. The first-order chi connectivity index (χ1) is 7.88. The Morgan fingerprint density at radius 3 is 2.59 bits per heavy atom. The van der Waals surface area contributed by atoms with Crippen molar-refractivity contribution in [3.63, 3.8) is 0 Å². The van der Waals surface area contributed by atoms with Crippen molar-refractivity contribution in [2.24, 2.45) is 7.05 Å². The van der Waals surface area contributed by atoms with Crippen LogP contribution in [0.5, 0.6) is 5.88 Å². The maximum atomic E-state index is 10.9. The van der Waals surface area contributed by atoms with Gasteiger partial charge in [-0.15, -0.1) is 0 Å². The number of aryl methyl sites for hydroxylation is 2.